The fourth-order valence-electron chi connectivity index (χ4n) is 5.00. The standard InChI is InChI=1S/C30H39FN7O6PS/c1-17(26(40)41-15-29(2,3)4)37-45(46,44-20-13-9-11-18-10-7-8-12-19(18)20)42-14-21-23(39)30(5,31)27(43-21)38-16-34-22-24(33-6)35-28(32)36-25(22)38/h7-13,16-17,21,23,27,39H,14-15H2,1-6H3,(H,37,46)(H3,32,33,35,36)/t17-,21+,23+,27+,30+,45+/m0/s1. The number of imidazole rings is 1. The van der Waals surface area contributed by atoms with Crippen molar-refractivity contribution in [3.63, 3.8) is 0 Å². The second kappa shape index (κ2) is 13.0. The van der Waals surface area contributed by atoms with Gasteiger partial charge in [-0.15, -0.1) is 0 Å². The fraction of sp³-hybridized carbons (Fsp3) is 0.467. The smallest absolute Gasteiger partial charge is 0.323 e. The van der Waals surface area contributed by atoms with E-state index in [-0.39, 0.29) is 30.2 Å². The highest BCUT2D eigenvalue weighted by Crippen LogP contribution is 2.49. The van der Waals surface area contributed by atoms with E-state index in [1.54, 1.807) is 20.0 Å². The number of aliphatic hydroxyl groups excluding tert-OH is 1. The van der Waals surface area contributed by atoms with E-state index in [1.807, 2.05) is 57.2 Å². The molecule has 6 atom stereocenters. The number of rotatable bonds is 11. The maximum atomic E-state index is 16.2. The second-order valence-corrected chi connectivity index (χ2v) is 15.6. The number of nitrogens with one attached hydrogen (secondary N) is 2. The highest BCUT2D eigenvalue weighted by atomic mass is 32.5. The first-order valence-electron chi connectivity index (χ1n) is 14.7. The Morgan fingerprint density at radius 3 is 2.70 bits per heavy atom. The molecule has 0 bridgehead atoms. The van der Waals surface area contributed by atoms with Crippen LogP contribution >= 0.6 is 6.64 Å². The van der Waals surface area contributed by atoms with E-state index >= 15 is 4.39 Å². The SMILES string of the molecule is CNc1nc(N)nc2c1ncn2[C@@H]1O[C@H](CO[P@](=S)(N[C@@H](C)C(=O)OCC(C)(C)C)Oc2cccc3ccccc23)[C@@H](O)[C@@]1(C)F. The summed E-state index contributed by atoms with van der Waals surface area (Å²) in [4.78, 5) is 25.5. The largest absolute Gasteiger partial charge is 0.464 e. The molecule has 5 N–H and O–H groups in total. The minimum Gasteiger partial charge on any atom is -0.464 e. The Morgan fingerprint density at radius 2 is 1.98 bits per heavy atom. The van der Waals surface area contributed by atoms with Gasteiger partial charge in [-0.2, -0.15) is 9.97 Å². The highest BCUT2D eigenvalue weighted by Gasteiger charge is 2.56. The van der Waals surface area contributed by atoms with Crippen LogP contribution in [0, 0.1) is 5.41 Å². The molecule has 2 aromatic heterocycles. The first-order chi connectivity index (χ1) is 21.6. The zero-order chi connectivity index (χ0) is 33.4. The molecule has 0 radical (unpaired) electrons. The number of benzene rings is 2. The van der Waals surface area contributed by atoms with Crippen LogP contribution in [-0.4, -0.2) is 74.8 Å². The molecule has 1 saturated heterocycles. The summed E-state index contributed by atoms with van der Waals surface area (Å²) in [6.07, 6.45) is -2.84. The van der Waals surface area contributed by atoms with Gasteiger partial charge in [0.2, 0.25) is 5.95 Å². The monoisotopic (exact) mass is 675 g/mol. The van der Waals surface area contributed by atoms with Crippen molar-refractivity contribution >= 4 is 58.1 Å². The third kappa shape index (κ3) is 7.09. The van der Waals surface area contributed by atoms with Crippen LogP contribution in [0.2, 0.25) is 0 Å². The van der Waals surface area contributed by atoms with Gasteiger partial charge < -0.3 is 34.7 Å². The molecule has 16 heteroatoms. The maximum absolute atomic E-state index is 16.2. The van der Waals surface area contributed by atoms with Crippen LogP contribution < -0.4 is 20.7 Å². The van der Waals surface area contributed by atoms with E-state index in [0.717, 1.165) is 10.8 Å². The van der Waals surface area contributed by atoms with Crippen molar-refractivity contribution in [3.8, 4) is 5.75 Å². The van der Waals surface area contributed by atoms with Gasteiger partial charge in [-0.25, -0.2) is 14.5 Å². The predicted molar refractivity (Wildman–Crippen MR) is 177 cm³/mol. The lowest BCUT2D eigenvalue weighted by molar-refractivity contribution is -0.148. The van der Waals surface area contributed by atoms with Crippen molar-refractivity contribution in [1.82, 2.24) is 24.6 Å². The number of ether oxygens (including phenoxy) is 2. The number of aromatic nitrogens is 4. The Morgan fingerprint density at radius 1 is 1.26 bits per heavy atom. The van der Waals surface area contributed by atoms with Crippen molar-refractivity contribution in [2.24, 2.45) is 5.41 Å². The zero-order valence-electron chi connectivity index (χ0n) is 26.4. The van der Waals surface area contributed by atoms with Crippen LogP contribution in [0.4, 0.5) is 16.2 Å². The molecule has 0 spiro atoms. The number of nitrogens with zero attached hydrogens (tertiary/aromatic N) is 4. The molecule has 1 aliphatic heterocycles. The maximum Gasteiger partial charge on any atom is 0.323 e. The second-order valence-electron chi connectivity index (χ2n) is 12.5. The van der Waals surface area contributed by atoms with Crippen molar-refractivity contribution < 1.29 is 32.8 Å². The van der Waals surface area contributed by atoms with Gasteiger partial charge in [-0.1, -0.05) is 57.2 Å². The summed E-state index contributed by atoms with van der Waals surface area (Å²) in [5.41, 5.74) is 3.88. The molecule has 0 unspecified atom stereocenters. The van der Waals surface area contributed by atoms with E-state index < -0.39 is 42.8 Å². The molecule has 0 amide bonds. The van der Waals surface area contributed by atoms with Gasteiger partial charge in [-0.05, 0) is 42.5 Å². The summed E-state index contributed by atoms with van der Waals surface area (Å²) >= 11 is 5.91. The van der Waals surface area contributed by atoms with E-state index in [0.29, 0.717) is 17.1 Å². The number of hydrogen-bond donors (Lipinski definition) is 4. The first kappa shape index (κ1) is 33.9. The quantitative estimate of drug-likeness (QED) is 0.130. The van der Waals surface area contributed by atoms with E-state index in [2.05, 4.69) is 25.4 Å². The minimum atomic E-state index is -3.57. The number of nitrogen functional groups attached to an aromatic ring is 1. The number of halogens is 1. The van der Waals surface area contributed by atoms with E-state index in [4.69, 9.17) is 36.1 Å². The number of aliphatic hydroxyl groups is 1. The molecule has 46 heavy (non-hydrogen) atoms. The van der Waals surface area contributed by atoms with Crippen LogP contribution in [-0.2, 0) is 30.6 Å². The Bertz CT molecular complexity index is 1780. The molecule has 4 aromatic rings. The van der Waals surface area contributed by atoms with Gasteiger partial charge in [0.25, 0.3) is 0 Å². The van der Waals surface area contributed by atoms with Gasteiger partial charge in [0.05, 0.1) is 19.5 Å². The number of alkyl halides is 1. The number of esters is 1. The molecule has 2 aromatic carbocycles. The summed E-state index contributed by atoms with van der Waals surface area (Å²) in [5, 5.41) is 18.7. The molecule has 3 heterocycles. The third-order valence-electron chi connectivity index (χ3n) is 7.37. The van der Waals surface area contributed by atoms with Crippen LogP contribution in [0.1, 0.15) is 40.8 Å². The van der Waals surface area contributed by atoms with Crippen molar-refractivity contribution in [1.29, 1.82) is 0 Å². The normalized spacial score (nSPS) is 23.7. The van der Waals surface area contributed by atoms with Gasteiger partial charge >= 0.3 is 12.6 Å². The van der Waals surface area contributed by atoms with Crippen LogP contribution in [0.3, 0.4) is 0 Å². The van der Waals surface area contributed by atoms with Crippen molar-refractivity contribution in [3.05, 3.63) is 48.8 Å². The summed E-state index contributed by atoms with van der Waals surface area (Å²) in [5.74, 6) is 0.183. The molecule has 248 valence electrons. The molecule has 1 aliphatic rings. The van der Waals surface area contributed by atoms with Crippen LogP contribution in [0.25, 0.3) is 21.9 Å². The average Bonchev–Trinajstić information content (AvgIpc) is 3.51. The van der Waals surface area contributed by atoms with Crippen molar-refractivity contribution in [2.75, 3.05) is 31.3 Å². The van der Waals surface area contributed by atoms with Gasteiger partial charge in [0, 0.05) is 12.4 Å². The molecular weight excluding hydrogens is 636 g/mol. The average molecular weight is 676 g/mol. The summed E-state index contributed by atoms with van der Waals surface area (Å²) < 4.78 is 41.6. The Balaban J connectivity index is 1.40. The molecule has 1 fully saturated rings. The Labute approximate surface area is 271 Å². The van der Waals surface area contributed by atoms with Gasteiger partial charge in [0.15, 0.2) is 28.9 Å². The molecular formula is C30H39FN7O6PS. The van der Waals surface area contributed by atoms with Crippen molar-refractivity contribution in [2.45, 2.75) is 64.8 Å². The third-order valence-corrected chi connectivity index (χ3v) is 9.86. The number of carbonyl (C=O) groups excluding carboxylic acids is 1. The van der Waals surface area contributed by atoms with E-state index in [9.17, 15) is 9.90 Å². The molecule has 13 nitrogen and oxygen atoms in total. The van der Waals surface area contributed by atoms with E-state index in [1.165, 1.54) is 17.8 Å². The lowest BCUT2D eigenvalue weighted by Gasteiger charge is -2.29. The summed E-state index contributed by atoms with van der Waals surface area (Å²) in [6.45, 7) is 4.89. The summed E-state index contributed by atoms with van der Waals surface area (Å²) in [7, 11) is 1.65. The Kier molecular flexibility index (Phi) is 9.56. The molecule has 0 saturated carbocycles. The van der Waals surface area contributed by atoms with Gasteiger partial charge in [0.1, 0.15) is 24.0 Å². The zero-order valence-corrected chi connectivity index (χ0v) is 28.1. The number of nitrogens with two attached hydrogens (primary N) is 1. The molecule has 5 rings (SSSR count). The van der Waals surface area contributed by atoms with Crippen LogP contribution in [0.15, 0.2) is 48.8 Å². The topological polar surface area (TPSA) is 168 Å². The fourth-order valence-corrected chi connectivity index (χ4v) is 7.42. The summed E-state index contributed by atoms with van der Waals surface area (Å²) in [6, 6.07) is 12.1. The minimum absolute atomic E-state index is 0.0508. The lowest BCUT2D eigenvalue weighted by Crippen LogP contribution is -2.41. The predicted octanol–water partition coefficient (Wildman–Crippen LogP) is 4.48. The number of anilines is 2. The number of hydrogen-bond acceptors (Lipinski definition) is 12. The van der Waals surface area contributed by atoms with Gasteiger partial charge in [-0.3, -0.25) is 9.36 Å². The highest BCUT2D eigenvalue weighted by molar-refractivity contribution is 8.09. The number of fused-ring (bicyclic) bond motifs is 2. The lowest BCUT2D eigenvalue weighted by atomic mass is 9.98. The van der Waals surface area contributed by atoms with Crippen LogP contribution in [0.5, 0.6) is 5.75 Å². The number of carbonyl (C=O) groups is 1. The molecule has 0 aliphatic carbocycles. The first-order valence-corrected chi connectivity index (χ1v) is 17.3. The Hall–Kier alpha value is -3.46.